The van der Waals surface area contributed by atoms with Gasteiger partial charge in [-0.2, -0.15) is 0 Å². The molecule has 210 valence electrons. The third kappa shape index (κ3) is 7.31. The molecular formula is C29H23Cl3N4O4S. The molecule has 2 aromatic heterocycles. The molecule has 0 saturated carbocycles. The number of halogens is 3. The molecule has 1 aliphatic rings. The predicted molar refractivity (Wildman–Crippen MR) is 166 cm³/mol. The average Bonchev–Trinajstić information content (AvgIpc) is 3.64. The molecule has 2 amide bonds. The van der Waals surface area contributed by atoms with E-state index in [1.165, 1.54) is 18.4 Å². The summed E-state index contributed by atoms with van der Waals surface area (Å²) in [6.45, 7) is 2.36. The first-order valence-corrected chi connectivity index (χ1v) is 14.0. The van der Waals surface area contributed by atoms with Crippen molar-refractivity contribution in [2.24, 2.45) is 0 Å². The second-order valence-corrected chi connectivity index (χ2v) is 10.7. The van der Waals surface area contributed by atoms with Gasteiger partial charge in [-0.3, -0.25) is 14.9 Å². The number of amides is 2. The maximum absolute atomic E-state index is 12.5. The van der Waals surface area contributed by atoms with Crippen LogP contribution < -0.4 is 15.5 Å². The van der Waals surface area contributed by atoms with Crippen molar-refractivity contribution >= 4 is 81.4 Å². The third-order valence-corrected chi connectivity index (χ3v) is 7.20. The lowest BCUT2D eigenvalue weighted by molar-refractivity contribution is -0.115. The lowest BCUT2D eigenvalue weighted by Gasteiger charge is -2.36. The maximum Gasteiger partial charge on any atom is 0.289 e. The van der Waals surface area contributed by atoms with E-state index in [-0.39, 0.29) is 11.0 Å². The molecule has 8 nitrogen and oxygen atoms in total. The molecule has 1 fully saturated rings. The van der Waals surface area contributed by atoms with Gasteiger partial charge in [-0.25, -0.2) is 0 Å². The fraction of sp³-hybridized carbons (Fsp3) is 0.138. The molecule has 0 spiro atoms. The quantitative estimate of drug-likeness (QED) is 0.176. The van der Waals surface area contributed by atoms with E-state index in [4.69, 9.17) is 55.9 Å². The second kappa shape index (κ2) is 12.8. The Balaban J connectivity index is 1.12. The van der Waals surface area contributed by atoms with E-state index in [0.717, 1.165) is 11.3 Å². The van der Waals surface area contributed by atoms with Crippen molar-refractivity contribution in [3.05, 3.63) is 99.6 Å². The first kappa shape index (κ1) is 28.8. The highest BCUT2D eigenvalue weighted by molar-refractivity contribution is 7.80. The molecule has 1 aliphatic heterocycles. The van der Waals surface area contributed by atoms with E-state index in [0.29, 0.717) is 64.2 Å². The zero-order valence-electron chi connectivity index (χ0n) is 21.4. The minimum Gasteiger partial charge on any atom is -0.459 e. The standard InChI is InChI=1S/C29H23Cl3N4O4S/c30-19-14-18(15-20(31)16-19)25-7-4-22(40-25)5-8-27(37)34-29(41)33-21-3-6-24(23(32)17-21)35-9-11-36(12-10-35)28(38)26-2-1-13-39-26/h1-8,13-17H,9-12H2,(H2,33,34,37,41)/b8-5+. The maximum atomic E-state index is 12.5. The highest BCUT2D eigenvalue weighted by Gasteiger charge is 2.24. The van der Waals surface area contributed by atoms with Crippen molar-refractivity contribution in [1.82, 2.24) is 10.2 Å². The highest BCUT2D eigenvalue weighted by Crippen LogP contribution is 2.31. The summed E-state index contributed by atoms with van der Waals surface area (Å²) < 4.78 is 11.0. The number of carbonyl (C=O) groups excluding carboxylic acids is 2. The van der Waals surface area contributed by atoms with Crippen LogP contribution in [-0.4, -0.2) is 48.0 Å². The van der Waals surface area contributed by atoms with Crippen LogP contribution in [0, 0.1) is 0 Å². The molecule has 0 radical (unpaired) electrons. The van der Waals surface area contributed by atoms with Gasteiger partial charge in [0.25, 0.3) is 5.91 Å². The molecule has 5 rings (SSSR count). The Bertz CT molecular complexity index is 1590. The molecule has 0 bridgehead atoms. The van der Waals surface area contributed by atoms with Crippen molar-refractivity contribution in [2.75, 3.05) is 36.4 Å². The number of hydrogen-bond acceptors (Lipinski definition) is 6. The minimum atomic E-state index is -0.434. The molecule has 1 saturated heterocycles. The number of nitrogens with zero attached hydrogens (tertiary/aromatic N) is 2. The number of anilines is 2. The molecule has 2 N–H and O–H groups in total. The number of carbonyl (C=O) groups is 2. The number of rotatable bonds is 6. The Hall–Kier alpha value is -3.76. The minimum absolute atomic E-state index is 0.113. The van der Waals surface area contributed by atoms with Gasteiger partial charge in [-0.05, 0) is 79.0 Å². The van der Waals surface area contributed by atoms with Crippen LogP contribution in [0.3, 0.4) is 0 Å². The van der Waals surface area contributed by atoms with Crippen molar-refractivity contribution in [3.63, 3.8) is 0 Å². The summed E-state index contributed by atoms with van der Waals surface area (Å²) in [5.41, 5.74) is 2.19. The lowest BCUT2D eigenvalue weighted by Crippen LogP contribution is -2.48. The number of nitrogens with one attached hydrogen (secondary N) is 2. The third-order valence-electron chi connectivity index (χ3n) is 6.25. The van der Waals surface area contributed by atoms with Gasteiger partial charge in [0, 0.05) is 53.6 Å². The molecule has 0 aliphatic carbocycles. The molecule has 3 heterocycles. The SMILES string of the molecule is O=C(/C=C/c1ccc(-c2cc(Cl)cc(Cl)c2)o1)NC(=S)Nc1ccc(N2CCN(C(=O)c3ccco3)CC2)c(Cl)c1. The Morgan fingerprint density at radius 3 is 2.37 bits per heavy atom. The van der Waals surface area contributed by atoms with Gasteiger partial charge in [0.2, 0.25) is 5.91 Å². The second-order valence-electron chi connectivity index (χ2n) is 9.06. The van der Waals surface area contributed by atoms with Crippen LogP contribution >= 0.6 is 47.0 Å². The Labute approximate surface area is 256 Å². The molecule has 4 aromatic rings. The molecule has 41 heavy (non-hydrogen) atoms. The monoisotopic (exact) mass is 628 g/mol. The van der Waals surface area contributed by atoms with Crippen LogP contribution in [-0.2, 0) is 4.79 Å². The highest BCUT2D eigenvalue weighted by atomic mass is 35.5. The molecular weight excluding hydrogens is 607 g/mol. The van der Waals surface area contributed by atoms with Gasteiger partial charge in [0.1, 0.15) is 11.5 Å². The van der Waals surface area contributed by atoms with Crippen LogP contribution in [0.5, 0.6) is 0 Å². The van der Waals surface area contributed by atoms with Crippen LogP contribution in [0.4, 0.5) is 11.4 Å². The van der Waals surface area contributed by atoms with Crippen LogP contribution in [0.1, 0.15) is 16.3 Å². The summed E-state index contributed by atoms with van der Waals surface area (Å²) in [6.07, 6.45) is 4.33. The molecule has 2 aromatic carbocycles. The van der Waals surface area contributed by atoms with Gasteiger partial charge < -0.3 is 24.0 Å². The first-order valence-electron chi connectivity index (χ1n) is 12.5. The Kier molecular flexibility index (Phi) is 8.99. The summed E-state index contributed by atoms with van der Waals surface area (Å²) in [5.74, 6) is 0.813. The normalized spacial score (nSPS) is 13.4. The molecule has 12 heteroatoms. The largest absolute Gasteiger partial charge is 0.459 e. The predicted octanol–water partition coefficient (Wildman–Crippen LogP) is 6.99. The van der Waals surface area contributed by atoms with Crippen LogP contribution in [0.2, 0.25) is 15.1 Å². The topological polar surface area (TPSA) is 91.0 Å². The zero-order chi connectivity index (χ0) is 28.9. The van der Waals surface area contributed by atoms with E-state index < -0.39 is 5.91 Å². The number of hydrogen-bond donors (Lipinski definition) is 2. The first-order chi connectivity index (χ1) is 19.7. The summed E-state index contributed by atoms with van der Waals surface area (Å²) in [5, 5.41) is 7.18. The van der Waals surface area contributed by atoms with Crippen LogP contribution in [0.15, 0.2) is 81.8 Å². The molecule has 0 unspecified atom stereocenters. The Morgan fingerprint density at radius 2 is 1.68 bits per heavy atom. The summed E-state index contributed by atoms with van der Waals surface area (Å²) >= 11 is 24.0. The fourth-order valence-electron chi connectivity index (χ4n) is 4.32. The van der Waals surface area contributed by atoms with Crippen molar-refractivity contribution < 1.29 is 18.4 Å². The number of piperazine rings is 1. The van der Waals surface area contributed by atoms with Gasteiger partial charge in [0.05, 0.1) is 17.0 Å². The van der Waals surface area contributed by atoms with Crippen molar-refractivity contribution in [3.8, 4) is 11.3 Å². The average molecular weight is 630 g/mol. The zero-order valence-corrected chi connectivity index (χ0v) is 24.5. The summed E-state index contributed by atoms with van der Waals surface area (Å²) in [7, 11) is 0. The van der Waals surface area contributed by atoms with Gasteiger partial charge in [0.15, 0.2) is 10.9 Å². The lowest BCUT2D eigenvalue weighted by atomic mass is 10.2. The van der Waals surface area contributed by atoms with Crippen molar-refractivity contribution in [2.45, 2.75) is 0 Å². The van der Waals surface area contributed by atoms with E-state index in [9.17, 15) is 9.59 Å². The number of furan rings is 2. The fourth-order valence-corrected chi connectivity index (χ4v) is 5.36. The van der Waals surface area contributed by atoms with Gasteiger partial charge in [-0.15, -0.1) is 0 Å². The van der Waals surface area contributed by atoms with Gasteiger partial charge in [-0.1, -0.05) is 34.8 Å². The molecule has 0 atom stereocenters. The summed E-state index contributed by atoms with van der Waals surface area (Å²) in [6, 6.07) is 17.4. The van der Waals surface area contributed by atoms with E-state index in [2.05, 4.69) is 15.5 Å². The number of benzene rings is 2. The van der Waals surface area contributed by atoms with E-state index >= 15 is 0 Å². The van der Waals surface area contributed by atoms with Crippen molar-refractivity contribution in [1.29, 1.82) is 0 Å². The van der Waals surface area contributed by atoms with E-state index in [1.54, 1.807) is 53.4 Å². The Morgan fingerprint density at radius 1 is 0.927 bits per heavy atom. The summed E-state index contributed by atoms with van der Waals surface area (Å²) in [4.78, 5) is 28.8. The number of thiocarbonyl (C=S) groups is 1. The van der Waals surface area contributed by atoms with Crippen LogP contribution in [0.25, 0.3) is 17.4 Å². The smallest absolute Gasteiger partial charge is 0.289 e. The van der Waals surface area contributed by atoms with Gasteiger partial charge >= 0.3 is 0 Å². The van der Waals surface area contributed by atoms with E-state index in [1.807, 2.05) is 12.1 Å².